The van der Waals surface area contributed by atoms with E-state index < -0.39 is 0 Å². The summed E-state index contributed by atoms with van der Waals surface area (Å²) >= 11 is 6.07. The molecule has 1 aromatic rings. The minimum atomic E-state index is 0.0302. The third-order valence-electron chi connectivity index (χ3n) is 4.59. The third kappa shape index (κ3) is 3.38. The van der Waals surface area contributed by atoms with E-state index in [0.717, 1.165) is 50.4 Å². The molecule has 2 aliphatic heterocycles. The van der Waals surface area contributed by atoms with Crippen molar-refractivity contribution in [3.8, 4) is 11.8 Å². The van der Waals surface area contributed by atoms with Gasteiger partial charge in [0.15, 0.2) is 0 Å². The third-order valence-corrected chi connectivity index (χ3v) is 4.80. The number of rotatable bonds is 2. The van der Waals surface area contributed by atoms with E-state index >= 15 is 0 Å². The number of halogens is 1. The van der Waals surface area contributed by atoms with Crippen LogP contribution in [0.25, 0.3) is 0 Å². The number of hydrogen-bond donors (Lipinski definition) is 1. The Labute approximate surface area is 136 Å². The van der Waals surface area contributed by atoms with Gasteiger partial charge in [-0.25, -0.2) is 4.98 Å². The number of piperidine rings is 1. The molecule has 0 saturated carbocycles. The Bertz CT molecular complexity index is 596. The molecular weight excluding hydrogens is 300 g/mol. The Balaban J connectivity index is 1.79. The SMILES string of the molecule is CC1(CO)CCN(c2cc(Cl)ncc2C#CC2COC2)CC1. The summed E-state index contributed by atoms with van der Waals surface area (Å²) in [7, 11) is 0. The fourth-order valence-electron chi connectivity index (χ4n) is 2.72. The quantitative estimate of drug-likeness (QED) is 0.671. The summed E-state index contributed by atoms with van der Waals surface area (Å²) in [5.41, 5.74) is 2.00. The Morgan fingerprint density at radius 1 is 1.45 bits per heavy atom. The number of pyridine rings is 1. The van der Waals surface area contributed by atoms with Crippen molar-refractivity contribution in [2.24, 2.45) is 11.3 Å². The fourth-order valence-corrected chi connectivity index (χ4v) is 2.87. The van der Waals surface area contributed by atoms with Crippen molar-refractivity contribution in [1.82, 2.24) is 4.98 Å². The van der Waals surface area contributed by atoms with Crippen molar-refractivity contribution in [3.63, 3.8) is 0 Å². The first-order valence-electron chi connectivity index (χ1n) is 7.70. The van der Waals surface area contributed by atoms with E-state index in [9.17, 15) is 5.11 Å². The Morgan fingerprint density at radius 3 is 2.77 bits per heavy atom. The Hall–Kier alpha value is -1.28. The molecule has 0 aliphatic carbocycles. The second kappa shape index (κ2) is 6.45. The highest BCUT2D eigenvalue weighted by molar-refractivity contribution is 6.29. The molecule has 5 heteroatoms. The smallest absolute Gasteiger partial charge is 0.131 e. The van der Waals surface area contributed by atoms with Crippen LogP contribution in [-0.2, 0) is 4.74 Å². The van der Waals surface area contributed by atoms with Crippen LogP contribution in [0.5, 0.6) is 0 Å². The predicted octanol–water partition coefficient (Wildman–Crippen LogP) is 2.33. The Morgan fingerprint density at radius 2 is 2.18 bits per heavy atom. The molecule has 22 heavy (non-hydrogen) atoms. The molecule has 2 fully saturated rings. The van der Waals surface area contributed by atoms with Crippen molar-refractivity contribution in [2.45, 2.75) is 19.8 Å². The summed E-state index contributed by atoms with van der Waals surface area (Å²) in [5, 5.41) is 9.99. The molecule has 1 N–H and O–H groups in total. The van der Waals surface area contributed by atoms with Gasteiger partial charge in [0, 0.05) is 32.0 Å². The maximum Gasteiger partial charge on any atom is 0.131 e. The van der Waals surface area contributed by atoms with Crippen molar-refractivity contribution in [2.75, 3.05) is 37.8 Å². The summed E-state index contributed by atoms with van der Waals surface area (Å²) in [6, 6.07) is 1.89. The largest absolute Gasteiger partial charge is 0.396 e. The lowest BCUT2D eigenvalue weighted by atomic mass is 9.81. The first-order chi connectivity index (χ1) is 10.6. The highest BCUT2D eigenvalue weighted by Crippen LogP contribution is 2.34. The molecule has 0 radical (unpaired) electrons. The fraction of sp³-hybridized carbons (Fsp3) is 0.588. The van der Waals surface area contributed by atoms with Gasteiger partial charge in [-0.3, -0.25) is 0 Å². The van der Waals surface area contributed by atoms with Crippen LogP contribution in [0.4, 0.5) is 5.69 Å². The first-order valence-corrected chi connectivity index (χ1v) is 8.08. The van der Waals surface area contributed by atoms with Gasteiger partial charge in [-0.2, -0.15) is 0 Å². The van der Waals surface area contributed by atoms with Crippen LogP contribution >= 0.6 is 11.6 Å². The monoisotopic (exact) mass is 320 g/mol. The van der Waals surface area contributed by atoms with Gasteiger partial charge in [-0.1, -0.05) is 30.4 Å². The van der Waals surface area contributed by atoms with E-state index in [1.165, 1.54) is 0 Å². The van der Waals surface area contributed by atoms with Crippen molar-refractivity contribution < 1.29 is 9.84 Å². The molecule has 0 bridgehead atoms. The van der Waals surface area contributed by atoms with Crippen LogP contribution < -0.4 is 4.90 Å². The number of ether oxygens (including phenoxy) is 1. The molecule has 118 valence electrons. The molecule has 3 rings (SSSR count). The summed E-state index contributed by atoms with van der Waals surface area (Å²) in [5.74, 6) is 6.80. The van der Waals surface area contributed by atoms with E-state index in [-0.39, 0.29) is 12.0 Å². The zero-order chi connectivity index (χ0) is 15.6. The van der Waals surface area contributed by atoms with Crippen LogP contribution in [0, 0.1) is 23.2 Å². The molecule has 0 atom stereocenters. The second-order valence-corrected chi connectivity index (χ2v) is 6.87. The van der Waals surface area contributed by atoms with Crippen molar-refractivity contribution >= 4 is 17.3 Å². The molecule has 3 heterocycles. The minimum absolute atomic E-state index is 0.0302. The molecule has 2 saturated heterocycles. The summed E-state index contributed by atoms with van der Waals surface area (Å²) in [6.07, 6.45) is 3.68. The summed E-state index contributed by atoms with van der Waals surface area (Å²) in [4.78, 5) is 6.46. The normalized spacial score (nSPS) is 21.0. The number of aliphatic hydroxyl groups is 1. The van der Waals surface area contributed by atoms with Gasteiger partial charge in [-0.15, -0.1) is 0 Å². The Kier molecular flexibility index (Phi) is 4.58. The summed E-state index contributed by atoms with van der Waals surface area (Å²) in [6.45, 7) is 5.63. The number of hydrogen-bond acceptors (Lipinski definition) is 4. The van der Waals surface area contributed by atoms with Gasteiger partial charge in [0.2, 0.25) is 0 Å². The van der Waals surface area contributed by atoms with Gasteiger partial charge in [0.1, 0.15) is 5.15 Å². The molecule has 4 nitrogen and oxygen atoms in total. The van der Waals surface area contributed by atoms with E-state index in [2.05, 4.69) is 28.6 Å². The molecule has 0 amide bonds. The molecular formula is C17H21ClN2O2. The first kappa shape index (κ1) is 15.6. The molecule has 0 aromatic carbocycles. The average molecular weight is 321 g/mol. The molecule has 0 spiro atoms. The standard InChI is InChI=1S/C17H21ClN2O2/c1-17(12-21)4-6-20(7-5-17)15-8-16(18)19-9-14(15)3-2-13-10-22-11-13/h8-9,13,21H,4-7,10-12H2,1H3. The van der Waals surface area contributed by atoms with Crippen molar-refractivity contribution in [1.29, 1.82) is 0 Å². The van der Waals surface area contributed by atoms with Gasteiger partial charge >= 0.3 is 0 Å². The summed E-state index contributed by atoms with van der Waals surface area (Å²) < 4.78 is 5.15. The maximum atomic E-state index is 9.50. The van der Waals surface area contributed by atoms with Crippen molar-refractivity contribution in [3.05, 3.63) is 23.0 Å². The predicted molar refractivity (Wildman–Crippen MR) is 87.1 cm³/mol. The zero-order valence-electron chi connectivity index (χ0n) is 12.8. The second-order valence-electron chi connectivity index (χ2n) is 6.48. The van der Waals surface area contributed by atoms with Crippen LogP contribution in [0.3, 0.4) is 0 Å². The lowest BCUT2D eigenvalue weighted by Gasteiger charge is -2.39. The maximum absolute atomic E-state index is 9.50. The molecule has 1 aromatic heterocycles. The zero-order valence-corrected chi connectivity index (χ0v) is 13.6. The lowest BCUT2D eigenvalue weighted by molar-refractivity contribution is -0.00300. The van der Waals surface area contributed by atoms with Gasteiger partial charge in [-0.05, 0) is 18.3 Å². The average Bonchev–Trinajstić information content (AvgIpc) is 2.48. The number of anilines is 1. The van der Waals surface area contributed by atoms with Crippen LogP contribution in [-0.4, -0.2) is 43.0 Å². The minimum Gasteiger partial charge on any atom is -0.396 e. The molecule has 0 unspecified atom stereocenters. The lowest BCUT2D eigenvalue weighted by Crippen LogP contribution is -2.40. The number of nitrogens with zero attached hydrogens (tertiary/aromatic N) is 2. The topological polar surface area (TPSA) is 45.6 Å². The van der Waals surface area contributed by atoms with E-state index in [1.807, 2.05) is 6.07 Å². The van der Waals surface area contributed by atoms with Gasteiger partial charge in [0.05, 0.1) is 30.4 Å². The number of aromatic nitrogens is 1. The van der Waals surface area contributed by atoms with E-state index in [1.54, 1.807) is 6.20 Å². The highest BCUT2D eigenvalue weighted by atomic mass is 35.5. The molecule has 2 aliphatic rings. The highest BCUT2D eigenvalue weighted by Gasteiger charge is 2.30. The van der Waals surface area contributed by atoms with E-state index in [0.29, 0.717) is 11.1 Å². The van der Waals surface area contributed by atoms with Gasteiger partial charge in [0.25, 0.3) is 0 Å². The van der Waals surface area contributed by atoms with Crippen LogP contribution in [0.15, 0.2) is 12.3 Å². The van der Waals surface area contributed by atoms with Gasteiger partial charge < -0.3 is 14.7 Å². The van der Waals surface area contributed by atoms with Crippen LogP contribution in [0.2, 0.25) is 5.15 Å². The van der Waals surface area contributed by atoms with E-state index in [4.69, 9.17) is 16.3 Å². The number of aliphatic hydroxyl groups excluding tert-OH is 1. The van der Waals surface area contributed by atoms with Crippen LogP contribution in [0.1, 0.15) is 25.3 Å².